The second-order valence-electron chi connectivity index (χ2n) is 3.22. The SMILES string of the molecule is COCCCNC(C)C(C)C(=O)O. The molecule has 0 aromatic rings. The van der Waals surface area contributed by atoms with Crippen molar-refractivity contribution in [2.24, 2.45) is 5.92 Å². The van der Waals surface area contributed by atoms with Gasteiger partial charge < -0.3 is 15.2 Å². The van der Waals surface area contributed by atoms with Gasteiger partial charge in [-0.25, -0.2) is 0 Å². The summed E-state index contributed by atoms with van der Waals surface area (Å²) < 4.78 is 4.88. The van der Waals surface area contributed by atoms with Crippen molar-refractivity contribution in [1.82, 2.24) is 5.32 Å². The molecule has 0 saturated carbocycles. The molecule has 2 N–H and O–H groups in total. The highest BCUT2D eigenvalue weighted by Crippen LogP contribution is 2.01. The summed E-state index contributed by atoms with van der Waals surface area (Å²) in [5.74, 6) is -1.10. The number of nitrogens with one attached hydrogen (secondary N) is 1. The minimum Gasteiger partial charge on any atom is -0.481 e. The van der Waals surface area contributed by atoms with Crippen molar-refractivity contribution in [2.75, 3.05) is 20.3 Å². The Hall–Kier alpha value is -0.610. The summed E-state index contributed by atoms with van der Waals surface area (Å²) in [5, 5.41) is 11.8. The number of hydrogen-bond acceptors (Lipinski definition) is 3. The molecule has 0 aliphatic carbocycles. The average molecular weight is 189 g/mol. The van der Waals surface area contributed by atoms with Crippen LogP contribution in [0.5, 0.6) is 0 Å². The van der Waals surface area contributed by atoms with Crippen molar-refractivity contribution in [2.45, 2.75) is 26.3 Å². The summed E-state index contributed by atoms with van der Waals surface area (Å²) in [4.78, 5) is 10.6. The van der Waals surface area contributed by atoms with E-state index in [-0.39, 0.29) is 12.0 Å². The Morgan fingerprint density at radius 1 is 1.54 bits per heavy atom. The maximum Gasteiger partial charge on any atom is 0.307 e. The molecular weight excluding hydrogens is 170 g/mol. The van der Waals surface area contributed by atoms with Crippen molar-refractivity contribution in [3.63, 3.8) is 0 Å². The van der Waals surface area contributed by atoms with E-state index in [4.69, 9.17) is 9.84 Å². The molecule has 0 aromatic heterocycles. The van der Waals surface area contributed by atoms with Crippen LogP contribution < -0.4 is 5.32 Å². The average Bonchev–Trinajstić information content (AvgIpc) is 2.10. The number of carbonyl (C=O) groups is 1. The molecule has 2 atom stereocenters. The van der Waals surface area contributed by atoms with Crippen LogP contribution in [0.1, 0.15) is 20.3 Å². The first-order valence-electron chi connectivity index (χ1n) is 4.54. The molecule has 0 fully saturated rings. The van der Waals surface area contributed by atoms with Gasteiger partial charge in [0.15, 0.2) is 0 Å². The first-order chi connectivity index (χ1) is 6.09. The lowest BCUT2D eigenvalue weighted by atomic mass is 10.0. The molecule has 0 aliphatic rings. The zero-order valence-electron chi connectivity index (χ0n) is 8.54. The highest BCUT2D eigenvalue weighted by Gasteiger charge is 2.17. The molecule has 2 unspecified atom stereocenters. The van der Waals surface area contributed by atoms with Crippen molar-refractivity contribution in [3.8, 4) is 0 Å². The monoisotopic (exact) mass is 189 g/mol. The van der Waals surface area contributed by atoms with E-state index >= 15 is 0 Å². The van der Waals surface area contributed by atoms with Crippen LogP contribution >= 0.6 is 0 Å². The van der Waals surface area contributed by atoms with Gasteiger partial charge >= 0.3 is 5.97 Å². The molecule has 13 heavy (non-hydrogen) atoms. The molecule has 0 bridgehead atoms. The maximum absolute atomic E-state index is 10.6. The third-order valence-electron chi connectivity index (χ3n) is 2.13. The Labute approximate surface area is 79.3 Å². The molecule has 0 spiro atoms. The van der Waals surface area contributed by atoms with E-state index in [9.17, 15) is 4.79 Å². The molecule has 0 radical (unpaired) electrons. The van der Waals surface area contributed by atoms with Crippen LogP contribution in [0.15, 0.2) is 0 Å². The third-order valence-corrected chi connectivity index (χ3v) is 2.13. The second-order valence-corrected chi connectivity index (χ2v) is 3.22. The van der Waals surface area contributed by atoms with Gasteiger partial charge in [0.2, 0.25) is 0 Å². The van der Waals surface area contributed by atoms with Gasteiger partial charge in [-0.05, 0) is 19.9 Å². The molecule has 0 saturated heterocycles. The van der Waals surface area contributed by atoms with Crippen LogP contribution in [0.3, 0.4) is 0 Å². The molecule has 4 heteroatoms. The smallest absolute Gasteiger partial charge is 0.307 e. The van der Waals surface area contributed by atoms with Gasteiger partial charge in [0, 0.05) is 19.8 Å². The number of carboxylic acids is 1. The first kappa shape index (κ1) is 12.4. The summed E-state index contributed by atoms with van der Waals surface area (Å²) in [6.07, 6.45) is 0.910. The van der Waals surface area contributed by atoms with Crippen LogP contribution in [0, 0.1) is 5.92 Å². The van der Waals surface area contributed by atoms with E-state index in [1.54, 1.807) is 14.0 Å². The second kappa shape index (κ2) is 6.86. The minimum atomic E-state index is -0.758. The highest BCUT2D eigenvalue weighted by atomic mass is 16.5. The zero-order chi connectivity index (χ0) is 10.3. The van der Waals surface area contributed by atoms with E-state index in [0.717, 1.165) is 13.0 Å². The number of methoxy groups -OCH3 is 1. The van der Waals surface area contributed by atoms with Gasteiger partial charge in [-0.3, -0.25) is 4.79 Å². The van der Waals surface area contributed by atoms with Gasteiger partial charge in [0.05, 0.1) is 5.92 Å². The Kier molecular flexibility index (Phi) is 6.54. The third kappa shape index (κ3) is 5.60. The fraction of sp³-hybridized carbons (Fsp3) is 0.889. The van der Waals surface area contributed by atoms with Crippen LogP contribution in [0.25, 0.3) is 0 Å². The van der Waals surface area contributed by atoms with Crippen molar-refractivity contribution in [3.05, 3.63) is 0 Å². The van der Waals surface area contributed by atoms with Crippen LogP contribution in [0.4, 0.5) is 0 Å². The zero-order valence-corrected chi connectivity index (χ0v) is 8.54. The molecule has 0 heterocycles. The van der Waals surface area contributed by atoms with Crippen molar-refractivity contribution >= 4 is 5.97 Å². The Morgan fingerprint density at radius 2 is 2.15 bits per heavy atom. The summed E-state index contributed by atoms with van der Waals surface area (Å²) in [6, 6.07) is 0.00866. The van der Waals surface area contributed by atoms with Gasteiger partial charge in [0.25, 0.3) is 0 Å². The molecule has 0 aromatic carbocycles. The van der Waals surface area contributed by atoms with Gasteiger partial charge in [-0.2, -0.15) is 0 Å². The summed E-state index contributed by atoms with van der Waals surface area (Å²) in [7, 11) is 1.66. The number of hydrogen-bond donors (Lipinski definition) is 2. The maximum atomic E-state index is 10.6. The van der Waals surface area contributed by atoms with Crippen molar-refractivity contribution < 1.29 is 14.6 Å². The summed E-state index contributed by atoms with van der Waals surface area (Å²) in [5.41, 5.74) is 0. The van der Waals surface area contributed by atoms with Crippen LogP contribution in [-0.2, 0) is 9.53 Å². The molecule has 0 aliphatic heterocycles. The Balaban J connectivity index is 3.50. The van der Waals surface area contributed by atoms with Gasteiger partial charge in [-0.15, -0.1) is 0 Å². The lowest BCUT2D eigenvalue weighted by Crippen LogP contribution is -2.36. The predicted octanol–water partition coefficient (Wildman–Crippen LogP) is 0.722. The van der Waals surface area contributed by atoms with Crippen molar-refractivity contribution in [1.29, 1.82) is 0 Å². The fourth-order valence-electron chi connectivity index (χ4n) is 0.937. The molecule has 0 amide bonds. The number of aliphatic carboxylic acids is 1. The highest BCUT2D eigenvalue weighted by molar-refractivity contribution is 5.70. The number of rotatable bonds is 7. The first-order valence-corrected chi connectivity index (χ1v) is 4.54. The topological polar surface area (TPSA) is 58.6 Å². The van der Waals surface area contributed by atoms with Crippen LogP contribution in [0.2, 0.25) is 0 Å². The summed E-state index contributed by atoms with van der Waals surface area (Å²) in [6.45, 7) is 5.09. The molecule has 78 valence electrons. The Morgan fingerprint density at radius 3 is 2.62 bits per heavy atom. The van der Waals surface area contributed by atoms with E-state index in [2.05, 4.69) is 5.32 Å². The lowest BCUT2D eigenvalue weighted by molar-refractivity contribution is -0.141. The predicted molar refractivity (Wildman–Crippen MR) is 50.8 cm³/mol. The quantitative estimate of drug-likeness (QED) is 0.579. The number of ether oxygens (including phenoxy) is 1. The van der Waals surface area contributed by atoms with E-state index < -0.39 is 5.97 Å². The van der Waals surface area contributed by atoms with E-state index in [1.165, 1.54) is 0 Å². The van der Waals surface area contributed by atoms with E-state index in [1.807, 2.05) is 6.92 Å². The van der Waals surface area contributed by atoms with Gasteiger partial charge in [0.1, 0.15) is 0 Å². The molecule has 4 nitrogen and oxygen atoms in total. The Bertz CT molecular complexity index is 150. The van der Waals surface area contributed by atoms with E-state index in [0.29, 0.717) is 6.61 Å². The lowest BCUT2D eigenvalue weighted by Gasteiger charge is -2.17. The largest absolute Gasteiger partial charge is 0.481 e. The summed E-state index contributed by atoms with van der Waals surface area (Å²) >= 11 is 0. The van der Waals surface area contributed by atoms with Crippen LogP contribution in [-0.4, -0.2) is 37.4 Å². The van der Waals surface area contributed by atoms with Gasteiger partial charge in [-0.1, -0.05) is 6.92 Å². The fourth-order valence-corrected chi connectivity index (χ4v) is 0.937. The normalized spacial score (nSPS) is 15.3. The molecule has 0 rings (SSSR count). The minimum absolute atomic E-state index is 0.00866. The standard InChI is InChI=1S/C9H19NO3/c1-7(9(11)12)8(2)10-5-4-6-13-3/h7-8,10H,4-6H2,1-3H3,(H,11,12). The molecular formula is C9H19NO3. The number of carboxylic acid groups (broad SMARTS) is 1.